The van der Waals surface area contributed by atoms with Crippen LogP contribution in [0.25, 0.3) is 0 Å². The van der Waals surface area contributed by atoms with E-state index in [2.05, 4.69) is 4.99 Å². The molecule has 0 aromatic carbocycles. The molecule has 0 atom stereocenters. The molecule has 2 N–H and O–H groups in total. The minimum atomic E-state index is -0.0237. The van der Waals surface area contributed by atoms with Crippen molar-refractivity contribution in [2.24, 2.45) is 16.1 Å². The minimum absolute atomic E-state index is 0.00289. The number of amidine groups is 1. The summed E-state index contributed by atoms with van der Waals surface area (Å²) < 4.78 is 0. The third kappa shape index (κ3) is 0.870. The topological polar surface area (TPSA) is 55.4 Å². The van der Waals surface area contributed by atoms with Gasteiger partial charge in [0.1, 0.15) is 5.84 Å². The highest BCUT2D eigenvalue weighted by atomic mass is 16.1. The maximum Gasteiger partial charge on any atom is 0.248 e. The summed E-state index contributed by atoms with van der Waals surface area (Å²) in [5.41, 5.74) is 5.69. The molecule has 0 aromatic rings. The number of aliphatic imine (C=N–C) groups is 1. The summed E-state index contributed by atoms with van der Waals surface area (Å²) in [5.74, 6) is 0.574. The number of hydrogen-bond donors (Lipinski definition) is 1. The Labute approximate surface area is 65.7 Å². The Morgan fingerprint density at radius 3 is 2.45 bits per heavy atom. The Morgan fingerprint density at radius 2 is 2.00 bits per heavy atom. The SMILES string of the molecule is NC1=NC(=O)CC12CCCC2. The molecule has 3 heteroatoms. The maximum absolute atomic E-state index is 10.9. The second-order valence-electron chi connectivity index (χ2n) is 3.55. The van der Waals surface area contributed by atoms with Gasteiger partial charge in [-0.1, -0.05) is 12.8 Å². The van der Waals surface area contributed by atoms with E-state index in [1.807, 2.05) is 0 Å². The third-order valence-electron chi connectivity index (χ3n) is 2.84. The Morgan fingerprint density at radius 1 is 1.36 bits per heavy atom. The molecule has 2 rings (SSSR count). The summed E-state index contributed by atoms with van der Waals surface area (Å²) in [6, 6.07) is 0. The molecule has 1 fully saturated rings. The first-order valence-corrected chi connectivity index (χ1v) is 4.10. The van der Waals surface area contributed by atoms with Crippen molar-refractivity contribution in [1.82, 2.24) is 0 Å². The van der Waals surface area contributed by atoms with Crippen LogP contribution in [-0.2, 0) is 4.79 Å². The van der Waals surface area contributed by atoms with Gasteiger partial charge in [-0.15, -0.1) is 0 Å². The smallest absolute Gasteiger partial charge is 0.248 e. The van der Waals surface area contributed by atoms with Crippen molar-refractivity contribution in [2.45, 2.75) is 32.1 Å². The Kier molecular flexibility index (Phi) is 1.28. The molecule has 0 radical (unpaired) electrons. The molecule has 0 unspecified atom stereocenters. The van der Waals surface area contributed by atoms with Crippen molar-refractivity contribution >= 4 is 11.7 Å². The predicted molar refractivity (Wildman–Crippen MR) is 42.1 cm³/mol. The summed E-state index contributed by atoms with van der Waals surface area (Å²) in [7, 11) is 0. The average Bonchev–Trinajstić information content (AvgIpc) is 2.45. The van der Waals surface area contributed by atoms with E-state index in [0.717, 1.165) is 12.8 Å². The number of rotatable bonds is 0. The molecule has 1 saturated carbocycles. The minimum Gasteiger partial charge on any atom is -0.387 e. The molecule has 1 spiro atoms. The van der Waals surface area contributed by atoms with Crippen molar-refractivity contribution in [3.8, 4) is 0 Å². The van der Waals surface area contributed by atoms with Crippen LogP contribution in [0.5, 0.6) is 0 Å². The first-order valence-electron chi connectivity index (χ1n) is 4.10. The molecule has 1 heterocycles. The quantitative estimate of drug-likeness (QED) is 0.559. The molecular weight excluding hydrogens is 140 g/mol. The normalized spacial score (nSPS) is 28.0. The fourth-order valence-corrected chi connectivity index (χ4v) is 2.16. The standard InChI is InChI=1S/C8H12N2O/c9-7-8(3-1-2-4-8)5-6(11)10-7/h1-5H2,(H2,9,10,11). The third-order valence-corrected chi connectivity index (χ3v) is 2.84. The predicted octanol–water partition coefficient (Wildman–Crippen LogP) is 0.834. The maximum atomic E-state index is 10.9. The lowest BCUT2D eigenvalue weighted by Crippen LogP contribution is -2.31. The first kappa shape index (κ1) is 6.83. The van der Waals surface area contributed by atoms with Crippen LogP contribution in [0.1, 0.15) is 32.1 Å². The molecule has 0 saturated heterocycles. The average molecular weight is 152 g/mol. The van der Waals surface area contributed by atoms with Gasteiger partial charge in [0.2, 0.25) is 5.91 Å². The number of carbonyl (C=O) groups is 1. The number of nitrogens with zero attached hydrogens (tertiary/aromatic N) is 1. The zero-order valence-electron chi connectivity index (χ0n) is 6.47. The lowest BCUT2D eigenvalue weighted by molar-refractivity contribution is -0.118. The van der Waals surface area contributed by atoms with Gasteiger partial charge in [0.05, 0.1) is 0 Å². The second kappa shape index (κ2) is 2.06. The van der Waals surface area contributed by atoms with Crippen molar-refractivity contribution in [3.63, 3.8) is 0 Å². The van der Waals surface area contributed by atoms with Gasteiger partial charge in [0, 0.05) is 11.8 Å². The fraction of sp³-hybridized carbons (Fsp3) is 0.750. The Balaban J connectivity index is 2.28. The van der Waals surface area contributed by atoms with Gasteiger partial charge < -0.3 is 5.73 Å². The molecule has 60 valence electrons. The molecule has 1 amide bonds. The number of amides is 1. The molecule has 0 bridgehead atoms. The summed E-state index contributed by atoms with van der Waals surface area (Å²) in [4.78, 5) is 14.7. The van der Waals surface area contributed by atoms with Crippen LogP contribution in [0.15, 0.2) is 4.99 Å². The van der Waals surface area contributed by atoms with Crippen molar-refractivity contribution in [2.75, 3.05) is 0 Å². The highest BCUT2D eigenvalue weighted by Crippen LogP contribution is 2.44. The van der Waals surface area contributed by atoms with Crippen molar-refractivity contribution in [3.05, 3.63) is 0 Å². The molecule has 11 heavy (non-hydrogen) atoms. The monoisotopic (exact) mass is 152 g/mol. The van der Waals surface area contributed by atoms with Crippen molar-refractivity contribution < 1.29 is 4.79 Å². The van der Waals surface area contributed by atoms with E-state index < -0.39 is 0 Å². The summed E-state index contributed by atoms with van der Waals surface area (Å²) in [6.45, 7) is 0. The molecule has 1 aliphatic heterocycles. The lowest BCUT2D eigenvalue weighted by Gasteiger charge is -2.20. The molecule has 1 aliphatic carbocycles. The van der Waals surface area contributed by atoms with E-state index in [4.69, 9.17) is 5.73 Å². The fourth-order valence-electron chi connectivity index (χ4n) is 2.16. The van der Waals surface area contributed by atoms with Gasteiger partial charge >= 0.3 is 0 Å². The Bertz CT molecular complexity index is 226. The summed E-state index contributed by atoms with van der Waals surface area (Å²) >= 11 is 0. The Hall–Kier alpha value is -0.860. The van der Waals surface area contributed by atoms with Crippen LogP contribution < -0.4 is 5.73 Å². The van der Waals surface area contributed by atoms with E-state index in [-0.39, 0.29) is 11.3 Å². The van der Waals surface area contributed by atoms with Gasteiger partial charge in [-0.3, -0.25) is 4.79 Å². The van der Waals surface area contributed by atoms with Gasteiger partial charge in [-0.2, -0.15) is 0 Å². The molecule has 0 aromatic heterocycles. The highest BCUT2D eigenvalue weighted by Gasteiger charge is 2.43. The zero-order chi connectivity index (χ0) is 7.90. The first-order chi connectivity index (χ1) is 5.23. The number of hydrogen-bond acceptors (Lipinski definition) is 2. The van der Waals surface area contributed by atoms with Crippen LogP contribution in [0, 0.1) is 5.41 Å². The van der Waals surface area contributed by atoms with Crippen LogP contribution >= 0.6 is 0 Å². The number of nitrogens with two attached hydrogens (primary N) is 1. The van der Waals surface area contributed by atoms with E-state index >= 15 is 0 Å². The summed E-state index contributed by atoms with van der Waals surface area (Å²) in [6.07, 6.45) is 5.09. The van der Waals surface area contributed by atoms with Crippen molar-refractivity contribution in [1.29, 1.82) is 0 Å². The van der Waals surface area contributed by atoms with E-state index in [1.165, 1.54) is 12.8 Å². The van der Waals surface area contributed by atoms with Crippen LogP contribution in [0.4, 0.5) is 0 Å². The molecule has 2 aliphatic rings. The van der Waals surface area contributed by atoms with Crippen LogP contribution in [-0.4, -0.2) is 11.7 Å². The second-order valence-corrected chi connectivity index (χ2v) is 3.55. The van der Waals surface area contributed by atoms with Gasteiger partial charge in [-0.05, 0) is 12.8 Å². The summed E-state index contributed by atoms with van der Waals surface area (Å²) in [5, 5.41) is 0. The van der Waals surface area contributed by atoms with E-state index in [9.17, 15) is 4.79 Å². The van der Waals surface area contributed by atoms with Gasteiger partial charge in [0.15, 0.2) is 0 Å². The van der Waals surface area contributed by atoms with Crippen LogP contribution in [0.2, 0.25) is 0 Å². The van der Waals surface area contributed by atoms with E-state index in [0.29, 0.717) is 12.3 Å². The van der Waals surface area contributed by atoms with Gasteiger partial charge in [0.25, 0.3) is 0 Å². The lowest BCUT2D eigenvalue weighted by atomic mass is 9.83. The largest absolute Gasteiger partial charge is 0.387 e. The van der Waals surface area contributed by atoms with Gasteiger partial charge in [-0.25, -0.2) is 4.99 Å². The van der Waals surface area contributed by atoms with Crippen LogP contribution in [0.3, 0.4) is 0 Å². The molecule has 3 nitrogen and oxygen atoms in total. The number of carbonyl (C=O) groups excluding carboxylic acids is 1. The highest BCUT2D eigenvalue weighted by molar-refractivity contribution is 6.04. The van der Waals surface area contributed by atoms with E-state index in [1.54, 1.807) is 0 Å². The molecular formula is C8H12N2O. The zero-order valence-corrected chi connectivity index (χ0v) is 6.47.